The van der Waals surface area contributed by atoms with Gasteiger partial charge in [0.15, 0.2) is 0 Å². The zero-order chi connectivity index (χ0) is 34.5. The van der Waals surface area contributed by atoms with Gasteiger partial charge in [-0.1, -0.05) is 200 Å². The van der Waals surface area contributed by atoms with E-state index in [2.05, 4.69) is 18.4 Å². The molecule has 0 saturated carbocycles. The van der Waals surface area contributed by atoms with Crippen molar-refractivity contribution in [3.05, 3.63) is 0 Å². The van der Waals surface area contributed by atoms with Gasteiger partial charge < -0.3 is 23.8 Å². The molecule has 0 amide bonds. The van der Waals surface area contributed by atoms with E-state index in [-0.39, 0.29) is 19.2 Å². The van der Waals surface area contributed by atoms with Crippen molar-refractivity contribution in [1.29, 1.82) is 0 Å². The van der Waals surface area contributed by atoms with Crippen LogP contribution in [0.3, 0.4) is 0 Å². The number of hydrogen-bond acceptors (Lipinski definition) is 6. The number of phosphoric ester groups is 1. The zero-order valence-electron chi connectivity index (χ0n) is 31.2. The van der Waals surface area contributed by atoms with Crippen molar-refractivity contribution in [2.24, 2.45) is 0 Å². The molecule has 0 aliphatic carbocycles. The summed E-state index contributed by atoms with van der Waals surface area (Å²) in [4.78, 5) is 32.3. The standard InChI is InChI=1S/C39H79O7P/c1-3-5-7-9-11-13-15-17-19-21-23-25-27-29-31-33-35-44-38(37-46-47(41,42)43)36-45-39(40)34-32-30-28-26-24-22-20-18-16-14-12-10-8-6-4-2/h38H,3-37H2,1-2H3,(H2,41,42,43)/p-1/t38-/m1/s1. The first-order valence-electron chi connectivity index (χ1n) is 20.3. The third-order valence-electron chi connectivity index (χ3n) is 9.19. The van der Waals surface area contributed by atoms with Crippen molar-refractivity contribution >= 4 is 13.8 Å². The van der Waals surface area contributed by atoms with Gasteiger partial charge in [-0.2, -0.15) is 0 Å². The highest BCUT2D eigenvalue weighted by atomic mass is 31.2. The molecule has 282 valence electrons. The molecule has 0 aromatic carbocycles. The van der Waals surface area contributed by atoms with Crippen LogP contribution in [0.1, 0.15) is 219 Å². The van der Waals surface area contributed by atoms with Gasteiger partial charge in [-0.25, -0.2) is 0 Å². The fraction of sp³-hybridized carbons (Fsp3) is 0.974. The Kier molecular flexibility index (Phi) is 36.5. The Morgan fingerprint density at radius 1 is 0.532 bits per heavy atom. The van der Waals surface area contributed by atoms with Crippen LogP contribution in [-0.2, 0) is 23.4 Å². The lowest BCUT2D eigenvalue weighted by Crippen LogP contribution is -2.28. The molecule has 0 heterocycles. The molecule has 0 bridgehead atoms. The molecule has 7 nitrogen and oxygen atoms in total. The van der Waals surface area contributed by atoms with E-state index in [1.165, 1.54) is 161 Å². The zero-order valence-corrected chi connectivity index (χ0v) is 32.1. The summed E-state index contributed by atoms with van der Waals surface area (Å²) in [6, 6.07) is 0. The van der Waals surface area contributed by atoms with Gasteiger partial charge >= 0.3 is 5.97 Å². The quantitative estimate of drug-likeness (QED) is 0.0389. The minimum absolute atomic E-state index is 0.0730. The summed E-state index contributed by atoms with van der Waals surface area (Å²) in [5.74, 6) is -0.301. The number of hydrogen-bond donors (Lipinski definition) is 1. The lowest BCUT2D eigenvalue weighted by molar-refractivity contribution is -0.222. The van der Waals surface area contributed by atoms with Crippen LogP contribution in [0.25, 0.3) is 0 Å². The van der Waals surface area contributed by atoms with Gasteiger partial charge in [0.2, 0.25) is 0 Å². The third-order valence-corrected chi connectivity index (χ3v) is 9.67. The van der Waals surface area contributed by atoms with Gasteiger partial charge in [-0.3, -0.25) is 9.36 Å². The number of carbonyl (C=O) groups excluding carboxylic acids is 1. The molecule has 0 fully saturated rings. The highest BCUT2D eigenvalue weighted by Crippen LogP contribution is 2.30. The number of phosphoric acid groups is 1. The summed E-state index contributed by atoms with van der Waals surface area (Å²) < 4.78 is 26.7. The van der Waals surface area contributed by atoms with E-state index in [0.717, 1.165) is 38.5 Å². The molecule has 0 spiro atoms. The smallest absolute Gasteiger partial charge is 0.305 e. The lowest BCUT2D eigenvalue weighted by atomic mass is 10.0. The summed E-state index contributed by atoms with van der Waals surface area (Å²) in [6.45, 7) is 4.54. The SMILES string of the molecule is CCCCCCCCCCCCCCCCCCO[C@H](COC(=O)CCCCCCCCCCCCCCCCC)COP(=O)([O-])O. The van der Waals surface area contributed by atoms with Crippen LogP contribution in [0, 0.1) is 0 Å². The van der Waals surface area contributed by atoms with Gasteiger partial charge in [0.1, 0.15) is 12.7 Å². The Morgan fingerprint density at radius 3 is 1.19 bits per heavy atom. The van der Waals surface area contributed by atoms with Crippen molar-refractivity contribution in [2.75, 3.05) is 19.8 Å². The molecule has 1 unspecified atom stereocenters. The molecular weight excluding hydrogens is 611 g/mol. The highest BCUT2D eigenvalue weighted by Gasteiger charge is 2.16. The second-order valence-electron chi connectivity index (χ2n) is 13.9. The third kappa shape index (κ3) is 39.9. The molecule has 0 saturated heterocycles. The summed E-state index contributed by atoms with van der Waals surface area (Å²) in [5.41, 5.74) is 0. The van der Waals surface area contributed by atoms with Crippen molar-refractivity contribution in [1.82, 2.24) is 0 Å². The van der Waals surface area contributed by atoms with Crippen molar-refractivity contribution in [3.63, 3.8) is 0 Å². The number of unbranched alkanes of at least 4 members (excludes halogenated alkanes) is 29. The Balaban J connectivity index is 3.75. The summed E-state index contributed by atoms with van der Waals surface area (Å²) in [7, 11) is -4.86. The molecule has 0 aromatic heterocycles. The first-order chi connectivity index (χ1) is 22.9. The van der Waals surface area contributed by atoms with Gasteiger partial charge in [0, 0.05) is 13.0 Å². The van der Waals surface area contributed by atoms with E-state index in [1.54, 1.807) is 0 Å². The Labute approximate surface area is 291 Å². The van der Waals surface area contributed by atoms with Crippen LogP contribution in [-0.4, -0.2) is 36.8 Å². The van der Waals surface area contributed by atoms with Crippen LogP contribution in [0.15, 0.2) is 0 Å². The normalized spacial score (nSPS) is 13.5. The molecule has 0 aliphatic rings. The molecule has 0 aromatic rings. The minimum Gasteiger partial charge on any atom is -0.756 e. The predicted molar refractivity (Wildman–Crippen MR) is 196 cm³/mol. The molecule has 0 radical (unpaired) electrons. The van der Waals surface area contributed by atoms with E-state index < -0.39 is 13.9 Å². The number of ether oxygens (including phenoxy) is 2. The number of rotatable bonds is 39. The molecule has 8 heteroatoms. The largest absolute Gasteiger partial charge is 0.756 e. The highest BCUT2D eigenvalue weighted by molar-refractivity contribution is 7.44. The molecule has 2 atom stereocenters. The van der Waals surface area contributed by atoms with E-state index in [1.807, 2.05) is 0 Å². The minimum atomic E-state index is -4.86. The summed E-state index contributed by atoms with van der Waals surface area (Å²) in [5, 5.41) is 0. The van der Waals surface area contributed by atoms with Crippen LogP contribution in [0.4, 0.5) is 0 Å². The molecule has 1 N–H and O–H groups in total. The van der Waals surface area contributed by atoms with E-state index in [0.29, 0.717) is 13.0 Å². The van der Waals surface area contributed by atoms with Crippen molar-refractivity contribution < 1.29 is 33.1 Å². The van der Waals surface area contributed by atoms with Gasteiger partial charge in [0.25, 0.3) is 7.82 Å². The second-order valence-corrected chi connectivity index (χ2v) is 15.1. The van der Waals surface area contributed by atoms with Crippen LogP contribution in [0.5, 0.6) is 0 Å². The number of carbonyl (C=O) groups is 1. The molecule has 0 rings (SSSR count). The molecular formula is C39H78O7P-. The fourth-order valence-electron chi connectivity index (χ4n) is 6.12. The van der Waals surface area contributed by atoms with E-state index >= 15 is 0 Å². The summed E-state index contributed by atoms with van der Waals surface area (Å²) >= 11 is 0. The average Bonchev–Trinajstić information content (AvgIpc) is 3.04. The first kappa shape index (κ1) is 46.5. The van der Waals surface area contributed by atoms with Gasteiger partial charge in [-0.05, 0) is 12.8 Å². The lowest BCUT2D eigenvalue weighted by Gasteiger charge is -2.22. The molecule has 0 aliphatic heterocycles. The maximum absolute atomic E-state index is 12.2. The Bertz CT molecular complexity index is 684. The predicted octanol–water partition coefficient (Wildman–Crippen LogP) is 11.9. The monoisotopic (exact) mass is 690 g/mol. The van der Waals surface area contributed by atoms with Crippen LogP contribution in [0.2, 0.25) is 0 Å². The average molecular weight is 690 g/mol. The maximum atomic E-state index is 12.2. The second kappa shape index (κ2) is 36.8. The summed E-state index contributed by atoms with van der Waals surface area (Å²) in [6.07, 6.45) is 39.4. The van der Waals surface area contributed by atoms with E-state index in [4.69, 9.17) is 14.4 Å². The van der Waals surface area contributed by atoms with Crippen LogP contribution >= 0.6 is 7.82 Å². The number of esters is 1. The van der Waals surface area contributed by atoms with Crippen LogP contribution < -0.4 is 4.89 Å². The van der Waals surface area contributed by atoms with Gasteiger partial charge in [0.05, 0.1) is 6.61 Å². The first-order valence-corrected chi connectivity index (χ1v) is 21.8. The Morgan fingerprint density at radius 2 is 0.851 bits per heavy atom. The fourth-order valence-corrected chi connectivity index (χ4v) is 6.48. The van der Waals surface area contributed by atoms with Crippen molar-refractivity contribution in [3.8, 4) is 0 Å². The maximum Gasteiger partial charge on any atom is 0.305 e. The van der Waals surface area contributed by atoms with Crippen molar-refractivity contribution in [2.45, 2.75) is 225 Å². The van der Waals surface area contributed by atoms with Gasteiger partial charge in [-0.15, -0.1) is 0 Å². The Hall–Kier alpha value is -0.460. The molecule has 47 heavy (non-hydrogen) atoms. The van der Waals surface area contributed by atoms with E-state index in [9.17, 15) is 14.3 Å². The topological polar surface area (TPSA) is 105 Å².